The molecule has 0 unspecified atom stereocenters. The molecule has 0 aliphatic carbocycles. The van der Waals surface area contributed by atoms with E-state index in [1.54, 1.807) is 11.8 Å². The number of rotatable bonds is 4. The van der Waals surface area contributed by atoms with E-state index in [-0.39, 0.29) is 11.6 Å². The largest absolute Gasteiger partial charge is 0.416 e. The molecule has 158 valence electrons. The van der Waals surface area contributed by atoms with Crippen LogP contribution in [0.3, 0.4) is 0 Å². The molecule has 0 bridgehead atoms. The number of nitro benzene ring substituents is 1. The van der Waals surface area contributed by atoms with Crippen molar-refractivity contribution in [1.82, 2.24) is 15.1 Å². The predicted octanol–water partition coefficient (Wildman–Crippen LogP) is 1.68. The maximum Gasteiger partial charge on any atom is 0.416 e. The number of hydrogen-bond acceptors (Lipinski definition) is 6. The van der Waals surface area contributed by atoms with Gasteiger partial charge in [-0.05, 0) is 19.1 Å². The van der Waals surface area contributed by atoms with E-state index < -0.39 is 34.4 Å². The molecule has 2 aliphatic rings. The molecule has 1 aromatic rings. The van der Waals surface area contributed by atoms with E-state index in [0.717, 1.165) is 17.0 Å². The topological polar surface area (TPSA) is 99.0 Å². The Morgan fingerprint density at radius 3 is 2.38 bits per heavy atom. The summed E-state index contributed by atoms with van der Waals surface area (Å²) in [4.78, 5) is 39.3. The van der Waals surface area contributed by atoms with Crippen molar-refractivity contribution in [3.05, 3.63) is 33.9 Å². The van der Waals surface area contributed by atoms with Gasteiger partial charge in [-0.15, -0.1) is 0 Å². The van der Waals surface area contributed by atoms with Crippen LogP contribution in [0.15, 0.2) is 18.2 Å². The lowest BCUT2D eigenvalue weighted by Crippen LogP contribution is -2.55. The molecule has 0 radical (unpaired) electrons. The number of halogens is 3. The molecule has 12 heteroatoms. The quantitative estimate of drug-likeness (QED) is 0.593. The van der Waals surface area contributed by atoms with Crippen LogP contribution in [0.2, 0.25) is 0 Å². The third-order valence-electron chi connectivity index (χ3n) is 5.18. The van der Waals surface area contributed by atoms with E-state index in [9.17, 15) is 32.9 Å². The van der Waals surface area contributed by atoms with Gasteiger partial charge in [-0.1, -0.05) is 0 Å². The Morgan fingerprint density at radius 1 is 1.21 bits per heavy atom. The second-order valence-electron chi connectivity index (χ2n) is 6.88. The third-order valence-corrected chi connectivity index (χ3v) is 5.18. The third kappa shape index (κ3) is 4.26. The fourth-order valence-electron chi connectivity index (χ4n) is 3.53. The van der Waals surface area contributed by atoms with Crippen molar-refractivity contribution in [1.29, 1.82) is 0 Å². The predicted molar refractivity (Wildman–Crippen MR) is 96.5 cm³/mol. The highest BCUT2D eigenvalue weighted by atomic mass is 19.4. The Morgan fingerprint density at radius 2 is 1.86 bits per heavy atom. The van der Waals surface area contributed by atoms with Crippen molar-refractivity contribution in [2.75, 3.05) is 44.2 Å². The minimum atomic E-state index is -4.67. The molecule has 3 rings (SSSR count). The molecule has 0 saturated carbocycles. The van der Waals surface area contributed by atoms with Crippen LogP contribution in [0, 0.1) is 10.1 Å². The number of carbonyl (C=O) groups excluding carboxylic acids is 2. The number of imide groups is 1. The number of hydrogen-bond donors (Lipinski definition) is 1. The number of amides is 3. The zero-order valence-electron chi connectivity index (χ0n) is 15.6. The van der Waals surface area contributed by atoms with Crippen molar-refractivity contribution >= 4 is 23.3 Å². The van der Waals surface area contributed by atoms with Gasteiger partial charge >= 0.3 is 12.2 Å². The van der Waals surface area contributed by atoms with Gasteiger partial charge in [0.15, 0.2) is 0 Å². The average Bonchev–Trinajstić information content (AvgIpc) is 3.11. The van der Waals surface area contributed by atoms with E-state index >= 15 is 0 Å². The second-order valence-corrected chi connectivity index (χ2v) is 6.88. The number of nitrogens with zero attached hydrogens (tertiary/aromatic N) is 4. The Labute approximate surface area is 164 Å². The zero-order valence-corrected chi connectivity index (χ0v) is 15.6. The van der Waals surface area contributed by atoms with Crippen LogP contribution in [0.5, 0.6) is 0 Å². The van der Waals surface area contributed by atoms with Crippen molar-refractivity contribution in [3.63, 3.8) is 0 Å². The molecule has 1 N–H and O–H groups in total. The molecule has 1 atom stereocenters. The molecular weight excluding hydrogens is 395 g/mol. The van der Waals surface area contributed by atoms with Crippen LogP contribution >= 0.6 is 0 Å². The van der Waals surface area contributed by atoms with E-state index in [1.807, 2.05) is 4.90 Å². The maximum atomic E-state index is 12.9. The Bertz CT molecular complexity index is 824. The van der Waals surface area contributed by atoms with Crippen molar-refractivity contribution in [2.24, 2.45) is 0 Å². The lowest BCUT2D eigenvalue weighted by molar-refractivity contribution is -0.384. The molecular formula is C17H20F3N5O4. The summed E-state index contributed by atoms with van der Waals surface area (Å²) in [6.07, 6.45) is -4.67. The van der Waals surface area contributed by atoms with Crippen LogP contribution in [0.25, 0.3) is 0 Å². The number of piperazine rings is 1. The Balaban J connectivity index is 1.69. The molecule has 29 heavy (non-hydrogen) atoms. The molecule has 2 aliphatic heterocycles. The molecule has 3 amide bonds. The van der Waals surface area contributed by atoms with Crippen LogP contribution in [-0.4, -0.2) is 72.0 Å². The summed E-state index contributed by atoms with van der Waals surface area (Å²) in [5.41, 5.74) is -1.57. The van der Waals surface area contributed by atoms with Crippen molar-refractivity contribution < 1.29 is 27.7 Å². The first-order valence-electron chi connectivity index (χ1n) is 9.03. The molecule has 2 saturated heterocycles. The summed E-state index contributed by atoms with van der Waals surface area (Å²) in [5.74, 6) is -0.325. The zero-order chi connectivity index (χ0) is 21.3. The minimum Gasteiger partial charge on any atom is -0.363 e. The second kappa shape index (κ2) is 7.85. The van der Waals surface area contributed by atoms with E-state index in [1.165, 1.54) is 0 Å². The summed E-state index contributed by atoms with van der Waals surface area (Å²) in [6, 6.07) is 1.50. The normalized spacial score (nSPS) is 19.2. The molecule has 2 heterocycles. The average molecular weight is 415 g/mol. The van der Waals surface area contributed by atoms with Gasteiger partial charge in [-0.25, -0.2) is 4.79 Å². The number of alkyl halides is 3. The Hall–Kier alpha value is -2.89. The monoisotopic (exact) mass is 415 g/mol. The van der Waals surface area contributed by atoms with Gasteiger partial charge in [0.25, 0.3) is 5.69 Å². The standard InChI is InChI=1S/C17H20F3N5O4/c1-11(15(26)24-5-4-21-16(24)27)22-6-8-23(9-7-22)13-3-2-12(17(18,19)20)10-14(13)25(28)29/h2-3,10-11H,4-9H2,1H3,(H,21,27)/t11-/m0/s1. The lowest BCUT2D eigenvalue weighted by atomic mass is 10.1. The number of benzene rings is 1. The summed E-state index contributed by atoms with van der Waals surface area (Å²) in [5, 5.41) is 13.9. The van der Waals surface area contributed by atoms with Crippen LogP contribution in [0.4, 0.5) is 29.3 Å². The summed E-state index contributed by atoms with van der Waals surface area (Å²) < 4.78 is 38.6. The molecule has 9 nitrogen and oxygen atoms in total. The minimum absolute atomic E-state index is 0.112. The highest BCUT2D eigenvalue weighted by Gasteiger charge is 2.36. The summed E-state index contributed by atoms with van der Waals surface area (Å²) >= 11 is 0. The van der Waals surface area contributed by atoms with E-state index in [4.69, 9.17) is 0 Å². The Kier molecular flexibility index (Phi) is 5.64. The van der Waals surface area contributed by atoms with Gasteiger partial charge in [0.2, 0.25) is 5.91 Å². The maximum absolute atomic E-state index is 12.9. The summed E-state index contributed by atoms with van der Waals surface area (Å²) in [6.45, 7) is 3.75. The van der Waals surface area contributed by atoms with Gasteiger partial charge in [-0.3, -0.25) is 24.7 Å². The summed E-state index contributed by atoms with van der Waals surface area (Å²) in [7, 11) is 0. The van der Waals surface area contributed by atoms with Crippen molar-refractivity contribution in [2.45, 2.75) is 19.1 Å². The lowest BCUT2D eigenvalue weighted by Gasteiger charge is -2.38. The number of nitro groups is 1. The van der Waals surface area contributed by atoms with Crippen LogP contribution < -0.4 is 10.2 Å². The van der Waals surface area contributed by atoms with Gasteiger partial charge in [-0.2, -0.15) is 13.2 Å². The fraction of sp³-hybridized carbons (Fsp3) is 0.529. The number of carbonyl (C=O) groups is 2. The number of nitrogens with one attached hydrogen (secondary N) is 1. The van der Waals surface area contributed by atoms with E-state index in [0.29, 0.717) is 45.3 Å². The number of anilines is 1. The number of urea groups is 1. The molecule has 2 fully saturated rings. The van der Waals surface area contributed by atoms with Crippen LogP contribution in [-0.2, 0) is 11.0 Å². The highest BCUT2D eigenvalue weighted by molar-refractivity contribution is 5.98. The van der Waals surface area contributed by atoms with Gasteiger partial charge in [0, 0.05) is 45.3 Å². The SMILES string of the molecule is C[C@@H](C(=O)N1CCNC1=O)N1CCN(c2ccc(C(F)(F)F)cc2[N+](=O)[O-])CC1. The highest BCUT2D eigenvalue weighted by Crippen LogP contribution is 2.36. The van der Waals surface area contributed by atoms with Crippen LogP contribution in [0.1, 0.15) is 12.5 Å². The van der Waals surface area contributed by atoms with Gasteiger partial charge in [0.05, 0.1) is 16.5 Å². The molecule has 0 spiro atoms. The molecule has 1 aromatic carbocycles. The smallest absolute Gasteiger partial charge is 0.363 e. The first-order valence-corrected chi connectivity index (χ1v) is 9.03. The van der Waals surface area contributed by atoms with Crippen molar-refractivity contribution in [3.8, 4) is 0 Å². The first-order chi connectivity index (χ1) is 13.6. The van der Waals surface area contributed by atoms with Gasteiger partial charge < -0.3 is 10.2 Å². The fourth-order valence-corrected chi connectivity index (χ4v) is 3.53. The first kappa shape index (κ1) is 20.8. The molecule has 0 aromatic heterocycles. The van der Waals surface area contributed by atoms with Gasteiger partial charge in [0.1, 0.15) is 5.69 Å². The van der Waals surface area contributed by atoms with E-state index in [2.05, 4.69) is 5.32 Å².